The Morgan fingerprint density at radius 1 is 1.35 bits per heavy atom. The number of hydrogen-bond acceptors (Lipinski definition) is 5. The highest BCUT2D eigenvalue weighted by Gasteiger charge is 2.11. The Bertz CT molecular complexity index is 782. The number of hydrazone groups is 1. The number of quaternary nitrogens is 1. The Kier molecular flexibility index (Phi) is 7.29. The van der Waals surface area contributed by atoms with Crippen molar-refractivity contribution in [1.82, 2.24) is 10.4 Å². The molecule has 0 atom stereocenters. The van der Waals surface area contributed by atoms with Crippen molar-refractivity contribution < 1.29 is 14.8 Å². The molecule has 0 radical (unpaired) electrons. The van der Waals surface area contributed by atoms with Crippen molar-refractivity contribution in [3.8, 4) is 5.75 Å². The predicted octanol–water partition coefficient (Wildman–Crippen LogP) is 1.66. The predicted molar refractivity (Wildman–Crippen MR) is 105 cm³/mol. The van der Waals surface area contributed by atoms with E-state index in [4.69, 9.17) is 0 Å². The second-order valence-electron chi connectivity index (χ2n) is 6.27. The molecule has 1 aromatic heterocycles. The van der Waals surface area contributed by atoms with E-state index in [0.29, 0.717) is 11.5 Å². The third-order valence-corrected chi connectivity index (χ3v) is 5.23. The van der Waals surface area contributed by atoms with Crippen molar-refractivity contribution in [3.05, 3.63) is 45.4 Å². The largest absolute Gasteiger partial charge is 0.507 e. The van der Waals surface area contributed by atoms with Gasteiger partial charge >= 0.3 is 0 Å². The lowest BCUT2D eigenvalue weighted by atomic mass is 10.1. The van der Waals surface area contributed by atoms with Gasteiger partial charge in [-0.1, -0.05) is 0 Å². The molecule has 1 amide bonds. The van der Waals surface area contributed by atoms with Gasteiger partial charge in [0.1, 0.15) is 17.3 Å². The summed E-state index contributed by atoms with van der Waals surface area (Å²) in [5.74, 6) is 0.106. The number of phenols is 1. The van der Waals surface area contributed by atoms with Gasteiger partial charge in [-0.15, -0.1) is 11.3 Å². The molecule has 0 fully saturated rings. The van der Waals surface area contributed by atoms with Crippen LogP contribution in [0.15, 0.2) is 28.7 Å². The SMILES string of the molecule is CC[NH+](CC)Cc1cc(/C(C)=N/NC(=O)Cc2nc(C)cs2)ccc1O. The Labute approximate surface area is 158 Å². The number of aryl methyl sites for hydroxylation is 1. The number of benzene rings is 1. The van der Waals surface area contributed by atoms with Gasteiger partial charge in [-0.05, 0) is 51.5 Å². The number of rotatable bonds is 8. The van der Waals surface area contributed by atoms with Crippen molar-refractivity contribution in [2.45, 2.75) is 40.7 Å². The van der Waals surface area contributed by atoms with Gasteiger partial charge in [0, 0.05) is 16.6 Å². The highest BCUT2D eigenvalue weighted by molar-refractivity contribution is 7.09. The Balaban J connectivity index is 2.04. The fourth-order valence-corrected chi connectivity index (χ4v) is 3.36. The van der Waals surface area contributed by atoms with Crippen molar-refractivity contribution >= 4 is 23.0 Å². The van der Waals surface area contributed by atoms with Gasteiger partial charge in [0.05, 0.1) is 25.2 Å². The Hall–Kier alpha value is -2.25. The summed E-state index contributed by atoms with van der Waals surface area (Å²) in [5, 5.41) is 17.0. The molecule has 0 saturated heterocycles. The number of aromatic nitrogens is 1. The monoisotopic (exact) mass is 375 g/mol. The van der Waals surface area contributed by atoms with Crippen LogP contribution < -0.4 is 10.3 Å². The van der Waals surface area contributed by atoms with Gasteiger partial charge in [0.25, 0.3) is 0 Å². The lowest BCUT2D eigenvalue weighted by Gasteiger charge is -2.16. The molecule has 2 rings (SSSR count). The van der Waals surface area contributed by atoms with Gasteiger partial charge in [-0.2, -0.15) is 5.10 Å². The number of carbonyl (C=O) groups is 1. The molecule has 0 saturated carbocycles. The van der Waals surface area contributed by atoms with Gasteiger partial charge in [0.15, 0.2) is 0 Å². The number of nitrogens with zero attached hydrogens (tertiary/aromatic N) is 2. The van der Waals surface area contributed by atoms with Crippen LogP contribution in [0.2, 0.25) is 0 Å². The minimum atomic E-state index is -0.190. The van der Waals surface area contributed by atoms with Crippen LogP contribution in [0.5, 0.6) is 5.75 Å². The van der Waals surface area contributed by atoms with E-state index in [1.54, 1.807) is 6.07 Å². The summed E-state index contributed by atoms with van der Waals surface area (Å²) in [4.78, 5) is 17.7. The van der Waals surface area contributed by atoms with Gasteiger partial charge in [-0.3, -0.25) is 4.79 Å². The molecule has 1 heterocycles. The molecule has 0 aliphatic rings. The average molecular weight is 376 g/mol. The quantitative estimate of drug-likeness (QED) is 0.485. The molecule has 26 heavy (non-hydrogen) atoms. The molecule has 6 nitrogen and oxygen atoms in total. The standard InChI is InChI=1S/C19H26N4O2S/c1-5-23(6-2)11-16-9-15(7-8-17(16)24)14(4)21-22-18(25)10-19-20-13(3)12-26-19/h7-9,12,24H,5-6,10-11H2,1-4H3,(H,22,25)/p+1/b21-14+. The normalized spacial score (nSPS) is 11.8. The van der Waals surface area contributed by atoms with Crippen LogP contribution in [0.4, 0.5) is 0 Å². The molecule has 7 heteroatoms. The number of amides is 1. The van der Waals surface area contributed by atoms with E-state index in [2.05, 4.69) is 29.4 Å². The summed E-state index contributed by atoms with van der Waals surface area (Å²) < 4.78 is 0. The lowest BCUT2D eigenvalue weighted by molar-refractivity contribution is -0.910. The highest BCUT2D eigenvalue weighted by atomic mass is 32.1. The molecule has 140 valence electrons. The average Bonchev–Trinajstić information content (AvgIpc) is 3.03. The van der Waals surface area contributed by atoms with E-state index in [1.165, 1.54) is 16.2 Å². The van der Waals surface area contributed by atoms with E-state index in [-0.39, 0.29) is 12.3 Å². The molecule has 1 aromatic carbocycles. The molecular weight excluding hydrogens is 348 g/mol. The van der Waals surface area contributed by atoms with Gasteiger partial charge in [-0.25, -0.2) is 10.4 Å². The summed E-state index contributed by atoms with van der Waals surface area (Å²) in [6.07, 6.45) is 0.224. The third kappa shape index (κ3) is 5.64. The van der Waals surface area contributed by atoms with E-state index >= 15 is 0 Å². The fraction of sp³-hybridized carbons (Fsp3) is 0.421. The lowest BCUT2D eigenvalue weighted by Crippen LogP contribution is -3.10. The van der Waals surface area contributed by atoms with E-state index in [0.717, 1.165) is 41.5 Å². The van der Waals surface area contributed by atoms with Crippen LogP contribution in [0.3, 0.4) is 0 Å². The van der Waals surface area contributed by atoms with Crippen LogP contribution in [-0.2, 0) is 17.8 Å². The zero-order valence-corrected chi connectivity index (χ0v) is 16.6. The smallest absolute Gasteiger partial charge is 0.246 e. The third-order valence-electron chi connectivity index (χ3n) is 4.26. The summed E-state index contributed by atoms with van der Waals surface area (Å²) in [6, 6.07) is 5.44. The molecule has 0 aliphatic heterocycles. The van der Waals surface area contributed by atoms with Crippen molar-refractivity contribution in [3.63, 3.8) is 0 Å². The molecule has 0 unspecified atom stereocenters. The first-order valence-corrected chi connectivity index (χ1v) is 9.70. The van der Waals surface area contributed by atoms with Crippen LogP contribution in [-0.4, -0.2) is 34.8 Å². The number of aromatic hydroxyl groups is 1. The number of thiazole rings is 1. The Morgan fingerprint density at radius 2 is 2.08 bits per heavy atom. The maximum atomic E-state index is 12.0. The molecule has 0 bridgehead atoms. The molecule has 0 aliphatic carbocycles. The molecular formula is C19H27N4O2S+. The minimum absolute atomic E-state index is 0.190. The highest BCUT2D eigenvalue weighted by Crippen LogP contribution is 2.18. The fourth-order valence-electron chi connectivity index (χ4n) is 2.59. The first-order chi connectivity index (χ1) is 12.4. The number of phenolic OH excluding ortho intramolecular Hbond substituents is 1. The van der Waals surface area contributed by atoms with Crippen LogP contribution in [0.1, 0.15) is 42.6 Å². The minimum Gasteiger partial charge on any atom is -0.507 e. The molecule has 0 spiro atoms. The van der Waals surface area contributed by atoms with E-state index in [9.17, 15) is 9.90 Å². The number of nitrogens with one attached hydrogen (secondary N) is 2. The number of hydrogen-bond donors (Lipinski definition) is 3. The zero-order chi connectivity index (χ0) is 19.1. The maximum absolute atomic E-state index is 12.0. The van der Waals surface area contributed by atoms with Crippen LogP contribution >= 0.6 is 11.3 Å². The topological polar surface area (TPSA) is 79.0 Å². The van der Waals surface area contributed by atoms with Crippen molar-refractivity contribution in [2.24, 2.45) is 5.10 Å². The number of carbonyl (C=O) groups excluding carboxylic acids is 1. The second-order valence-corrected chi connectivity index (χ2v) is 7.21. The summed E-state index contributed by atoms with van der Waals surface area (Å²) in [5.41, 5.74) is 5.98. The van der Waals surface area contributed by atoms with Crippen molar-refractivity contribution in [1.29, 1.82) is 0 Å². The summed E-state index contributed by atoms with van der Waals surface area (Å²) in [7, 11) is 0. The second kappa shape index (κ2) is 9.45. The maximum Gasteiger partial charge on any atom is 0.246 e. The first kappa shape index (κ1) is 20.1. The van der Waals surface area contributed by atoms with Crippen molar-refractivity contribution in [2.75, 3.05) is 13.1 Å². The van der Waals surface area contributed by atoms with Crippen LogP contribution in [0, 0.1) is 6.92 Å². The Morgan fingerprint density at radius 3 is 2.69 bits per heavy atom. The van der Waals surface area contributed by atoms with E-state index in [1.807, 2.05) is 31.4 Å². The summed E-state index contributed by atoms with van der Waals surface area (Å²) >= 11 is 1.47. The molecule has 2 aromatic rings. The molecule has 3 N–H and O–H groups in total. The van der Waals surface area contributed by atoms with Crippen LogP contribution in [0.25, 0.3) is 0 Å². The summed E-state index contributed by atoms with van der Waals surface area (Å²) in [6.45, 7) is 10.8. The van der Waals surface area contributed by atoms with Gasteiger partial charge in [0.2, 0.25) is 5.91 Å². The van der Waals surface area contributed by atoms with E-state index < -0.39 is 0 Å². The zero-order valence-electron chi connectivity index (χ0n) is 15.8. The van der Waals surface area contributed by atoms with Gasteiger partial charge < -0.3 is 10.0 Å². The first-order valence-electron chi connectivity index (χ1n) is 8.82.